The SMILES string of the molecule is N#C/C(=C\c1cc2ccnc(Cl)c2s1)c1nccs1. The molecule has 0 aliphatic carbocycles. The van der Waals surface area contributed by atoms with Gasteiger partial charge in [0.2, 0.25) is 0 Å². The summed E-state index contributed by atoms with van der Waals surface area (Å²) < 4.78 is 0.937. The van der Waals surface area contributed by atoms with E-state index in [1.807, 2.05) is 23.6 Å². The molecular formula is C13H6ClN3S2. The van der Waals surface area contributed by atoms with Crippen molar-refractivity contribution in [1.29, 1.82) is 5.26 Å². The first-order valence-corrected chi connectivity index (χ1v) is 7.41. The van der Waals surface area contributed by atoms with Crippen LogP contribution in [0.3, 0.4) is 0 Å². The minimum absolute atomic E-state index is 0.495. The van der Waals surface area contributed by atoms with Crippen molar-refractivity contribution in [2.24, 2.45) is 0 Å². The number of hydrogen-bond donors (Lipinski definition) is 0. The number of nitrogens with zero attached hydrogens (tertiary/aromatic N) is 3. The van der Waals surface area contributed by atoms with Gasteiger partial charge in [-0.05, 0) is 23.6 Å². The van der Waals surface area contributed by atoms with E-state index >= 15 is 0 Å². The van der Waals surface area contributed by atoms with Crippen molar-refractivity contribution in [3.05, 3.63) is 44.9 Å². The van der Waals surface area contributed by atoms with Crippen LogP contribution in [0.15, 0.2) is 29.9 Å². The van der Waals surface area contributed by atoms with Gasteiger partial charge in [0.05, 0.1) is 10.3 Å². The Kier molecular flexibility index (Phi) is 3.30. The van der Waals surface area contributed by atoms with Gasteiger partial charge in [-0.15, -0.1) is 22.7 Å². The third-order valence-corrected chi connectivity index (χ3v) is 4.79. The fourth-order valence-corrected chi connectivity index (χ4v) is 3.53. The maximum Gasteiger partial charge on any atom is 0.146 e. The molecule has 3 rings (SSSR count). The van der Waals surface area contributed by atoms with E-state index in [0.717, 1.165) is 20.0 Å². The van der Waals surface area contributed by atoms with E-state index in [-0.39, 0.29) is 0 Å². The lowest BCUT2D eigenvalue weighted by Crippen LogP contribution is -1.77. The zero-order valence-corrected chi connectivity index (χ0v) is 11.9. The van der Waals surface area contributed by atoms with Crippen molar-refractivity contribution >= 4 is 56.0 Å². The van der Waals surface area contributed by atoms with Gasteiger partial charge in [-0.2, -0.15) is 5.26 Å². The topological polar surface area (TPSA) is 49.6 Å². The van der Waals surface area contributed by atoms with Crippen LogP contribution in [0.4, 0.5) is 0 Å². The summed E-state index contributed by atoms with van der Waals surface area (Å²) in [6.07, 6.45) is 5.20. The molecular weight excluding hydrogens is 298 g/mol. The summed E-state index contributed by atoms with van der Waals surface area (Å²) in [5.41, 5.74) is 0.561. The number of halogens is 1. The number of fused-ring (bicyclic) bond motifs is 1. The number of nitriles is 1. The van der Waals surface area contributed by atoms with Crippen molar-refractivity contribution in [2.45, 2.75) is 0 Å². The van der Waals surface area contributed by atoms with Crippen LogP contribution >= 0.6 is 34.3 Å². The lowest BCUT2D eigenvalue weighted by Gasteiger charge is -1.90. The summed E-state index contributed by atoms with van der Waals surface area (Å²) in [6.45, 7) is 0. The Morgan fingerprint density at radius 3 is 2.95 bits per heavy atom. The molecule has 19 heavy (non-hydrogen) atoms. The third kappa shape index (κ3) is 2.38. The number of aromatic nitrogens is 2. The van der Waals surface area contributed by atoms with E-state index in [9.17, 15) is 5.26 Å². The fraction of sp³-hybridized carbons (Fsp3) is 0. The van der Waals surface area contributed by atoms with E-state index in [4.69, 9.17) is 11.6 Å². The van der Waals surface area contributed by atoms with Crippen molar-refractivity contribution in [1.82, 2.24) is 9.97 Å². The molecule has 3 heterocycles. The lowest BCUT2D eigenvalue weighted by molar-refractivity contribution is 1.37. The molecule has 0 aromatic carbocycles. The number of thiazole rings is 1. The minimum atomic E-state index is 0.495. The molecule has 0 saturated heterocycles. The highest BCUT2D eigenvalue weighted by Crippen LogP contribution is 2.32. The number of allylic oxidation sites excluding steroid dienone is 1. The largest absolute Gasteiger partial charge is 0.244 e. The standard InChI is InChI=1S/C13H6ClN3S2/c14-12-11-8(1-2-16-12)5-10(19-11)6-9(7-15)13-17-3-4-18-13/h1-6H/b9-6+. The van der Waals surface area contributed by atoms with Gasteiger partial charge in [-0.3, -0.25) is 0 Å². The zero-order valence-electron chi connectivity index (χ0n) is 9.50. The highest BCUT2D eigenvalue weighted by Gasteiger charge is 2.08. The Balaban J connectivity index is 2.10. The van der Waals surface area contributed by atoms with E-state index in [1.165, 1.54) is 22.7 Å². The smallest absolute Gasteiger partial charge is 0.146 e. The molecule has 0 atom stereocenters. The van der Waals surface area contributed by atoms with Gasteiger partial charge in [0.1, 0.15) is 16.2 Å². The maximum absolute atomic E-state index is 9.20. The van der Waals surface area contributed by atoms with Crippen LogP contribution in [0.25, 0.3) is 21.7 Å². The van der Waals surface area contributed by atoms with E-state index < -0.39 is 0 Å². The average Bonchev–Trinajstić information content (AvgIpc) is 3.05. The van der Waals surface area contributed by atoms with Gasteiger partial charge in [-0.1, -0.05) is 11.6 Å². The van der Waals surface area contributed by atoms with Crippen LogP contribution in [0.2, 0.25) is 5.15 Å². The van der Waals surface area contributed by atoms with Gasteiger partial charge in [0.25, 0.3) is 0 Å². The molecule has 0 radical (unpaired) electrons. The summed E-state index contributed by atoms with van der Waals surface area (Å²) in [4.78, 5) is 9.17. The average molecular weight is 304 g/mol. The maximum atomic E-state index is 9.20. The Labute approximate surface area is 122 Å². The van der Waals surface area contributed by atoms with E-state index in [2.05, 4.69) is 16.0 Å². The van der Waals surface area contributed by atoms with Gasteiger partial charge in [0.15, 0.2) is 0 Å². The molecule has 0 bridgehead atoms. The molecule has 3 aromatic heterocycles. The second kappa shape index (κ2) is 5.10. The van der Waals surface area contributed by atoms with Crippen molar-refractivity contribution in [3.63, 3.8) is 0 Å². The first kappa shape index (κ1) is 12.3. The Bertz CT molecular complexity index is 797. The van der Waals surface area contributed by atoms with Crippen LogP contribution in [-0.4, -0.2) is 9.97 Å². The number of thiophene rings is 1. The third-order valence-electron chi connectivity index (χ3n) is 2.48. The summed E-state index contributed by atoms with van der Waals surface area (Å²) >= 11 is 9.01. The lowest BCUT2D eigenvalue weighted by atomic mass is 10.2. The molecule has 0 saturated carbocycles. The summed E-state index contributed by atoms with van der Waals surface area (Å²) in [5.74, 6) is 0. The van der Waals surface area contributed by atoms with Crippen LogP contribution in [-0.2, 0) is 0 Å². The molecule has 6 heteroatoms. The normalized spacial score (nSPS) is 11.7. The molecule has 0 N–H and O–H groups in total. The van der Waals surface area contributed by atoms with Gasteiger partial charge < -0.3 is 0 Å². The molecule has 0 unspecified atom stereocenters. The number of rotatable bonds is 2. The van der Waals surface area contributed by atoms with Crippen LogP contribution in [0.5, 0.6) is 0 Å². The number of hydrogen-bond acceptors (Lipinski definition) is 5. The number of pyridine rings is 1. The molecule has 0 spiro atoms. The predicted octanol–water partition coefficient (Wildman–Crippen LogP) is 4.47. The summed E-state index contributed by atoms with van der Waals surface area (Å²) in [6, 6.07) is 6.08. The second-order valence-corrected chi connectivity index (χ2v) is 6.01. The molecule has 92 valence electrons. The van der Waals surface area contributed by atoms with Gasteiger partial charge >= 0.3 is 0 Å². The molecule has 0 aliphatic heterocycles. The first-order valence-electron chi connectivity index (χ1n) is 5.33. The van der Waals surface area contributed by atoms with Crippen molar-refractivity contribution < 1.29 is 0 Å². The summed E-state index contributed by atoms with van der Waals surface area (Å²) in [5, 5.41) is 13.3. The van der Waals surface area contributed by atoms with E-state index in [1.54, 1.807) is 12.4 Å². The molecule has 3 aromatic rings. The van der Waals surface area contributed by atoms with Crippen molar-refractivity contribution in [2.75, 3.05) is 0 Å². The monoisotopic (exact) mass is 303 g/mol. The molecule has 0 amide bonds. The van der Waals surface area contributed by atoms with Gasteiger partial charge in [-0.25, -0.2) is 9.97 Å². The van der Waals surface area contributed by atoms with Crippen LogP contribution in [0, 0.1) is 11.3 Å². The molecule has 0 fully saturated rings. The fourth-order valence-electron chi connectivity index (χ4n) is 1.66. The van der Waals surface area contributed by atoms with Crippen molar-refractivity contribution in [3.8, 4) is 6.07 Å². The zero-order chi connectivity index (χ0) is 13.2. The highest BCUT2D eigenvalue weighted by molar-refractivity contribution is 7.20. The molecule has 3 nitrogen and oxygen atoms in total. The van der Waals surface area contributed by atoms with Crippen LogP contribution < -0.4 is 0 Å². The van der Waals surface area contributed by atoms with Crippen LogP contribution in [0.1, 0.15) is 9.88 Å². The predicted molar refractivity (Wildman–Crippen MR) is 80.2 cm³/mol. The van der Waals surface area contributed by atoms with Gasteiger partial charge in [0, 0.05) is 22.7 Å². The first-order chi connectivity index (χ1) is 9.28. The Morgan fingerprint density at radius 1 is 1.37 bits per heavy atom. The minimum Gasteiger partial charge on any atom is -0.244 e. The summed E-state index contributed by atoms with van der Waals surface area (Å²) in [7, 11) is 0. The van der Waals surface area contributed by atoms with E-state index in [0.29, 0.717) is 10.7 Å². The highest BCUT2D eigenvalue weighted by atomic mass is 35.5. The Morgan fingerprint density at radius 2 is 2.26 bits per heavy atom. The quantitative estimate of drug-likeness (QED) is 0.518. The molecule has 0 aliphatic rings. The second-order valence-electron chi connectivity index (χ2n) is 3.68. The Hall–Kier alpha value is -1.74.